The van der Waals surface area contributed by atoms with Crippen LogP contribution >= 0.6 is 12.4 Å². The fourth-order valence-electron chi connectivity index (χ4n) is 4.32. The molecule has 2 unspecified atom stereocenters. The first-order valence-corrected chi connectivity index (χ1v) is 9.21. The maximum absolute atomic E-state index is 14.5. The average molecular weight is 435 g/mol. The van der Waals surface area contributed by atoms with E-state index >= 15 is 0 Å². The summed E-state index contributed by atoms with van der Waals surface area (Å²) in [4.78, 5) is 23.9. The summed E-state index contributed by atoms with van der Waals surface area (Å²) in [5.74, 6) is -2.94. The number of nitrogens with zero attached hydrogens (tertiary/aromatic N) is 4. The average Bonchev–Trinajstić information content (AvgIpc) is 3.13. The highest BCUT2D eigenvalue weighted by atomic mass is 35.5. The minimum atomic E-state index is -0.919. The minimum absolute atomic E-state index is 0. The number of fused-ring (bicyclic) bond motifs is 3. The first-order chi connectivity index (χ1) is 14.0. The number of carboxylic acid groups (broad SMARTS) is 1. The van der Waals surface area contributed by atoms with Crippen LogP contribution in [0.3, 0.4) is 0 Å². The number of rotatable bonds is 4. The lowest BCUT2D eigenvalue weighted by atomic mass is 9.66. The van der Waals surface area contributed by atoms with E-state index in [-0.39, 0.29) is 41.5 Å². The normalized spacial score (nSPS) is 24.6. The molecule has 3 N–H and O–H groups in total. The number of hydrogen-bond donors (Lipinski definition) is 3. The van der Waals surface area contributed by atoms with Gasteiger partial charge in [-0.2, -0.15) is 5.10 Å². The third-order valence-electron chi connectivity index (χ3n) is 5.68. The number of allylic oxidation sites excluding steroid dienone is 1. The second kappa shape index (κ2) is 7.60. The Balaban J connectivity index is 0.00000218. The van der Waals surface area contributed by atoms with Gasteiger partial charge in [-0.3, -0.25) is 9.89 Å². The van der Waals surface area contributed by atoms with Gasteiger partial charge < -0.3 is 10.4 Å². The molecule has 0 aromatic carbocycles. The number of pyridine rings is 1. The van der Waals surface area contributed by atoms with Crippen molar-refractivity contribution in [1.29, 1.82) is 0 Å². The van der Waals surface area contributed by atoms with Crippen molar-refractivity contribution >= 4 is 35.2 Å². The lowest BCUT2D eigenvalue weighted by Gasteiger charge is -2.43. The Morgan fingerprint density at radius 1 is 1.17 bits per heavy atom. The molecular weight excluding hydrogens is 418 g/mol. The Morgan fingerprint density at radius 3 is 2.67 bits per heavy atom. The highest BCUT2D eigenvalue weighted by molar-refractivity contribution is 5.88. The molecule has 3 aliphatic rings. The largest absolute Gasteiger partial charge is 0.481 e. The fourth-order valence-corrected chi connectivity index (χ4v) is 4.32. The Kier molecular flexibility index (Phi) is 5.10. The van der Waals surface area contributed by atoms with E-state index in [0.29, 0.717) is 11.1 Å². The molecule has 4 atom stereocenters. The van der Waals surface area contributed by atoms with Crippen molar-refractivity contribution in [3.63, 3.8) is 0 Å². The molecular formula is C19H17ClF2N6O2. The van der Waals surface area contributed by atoms with E-state index in [1.807, 2.05) is 12.2 Å². The second-order valence-corrected chi connectivity index (χ2v) is 7.34. The van der Waals surface area contributed by atoms with Crippen LogP contribution in [0.4, 0.5) is 14.6 Å². The molecule has 0 saturated heterocycles. The maximum atomic E-state index is 14.5. The third kappa shape index (κ3) is 3.26. The SMILES string of the molecule is Cl.O=C(O)[C@H]1C2C=CC(CC2)[C@@H]1Nc1nc(-c2[nH]nc3ncc(F)cc23)ncc1F. The molecule has 6 rings (SSSR count). The van der Waals surface area contributed by atoms with Gasteiger partial charge in [-0.25, -0.2) is 23.7 Å². The summed E-state index contributed by atoms with van der Waals surface area (Å²) in [5.41, 5.74) is 0.583. The second-order valence-electron chi connectivity index (χ2n) is 7.34. The first-order valence-electron chi connectivity index (χ1n) is 9.21. The van der Waals surface area contributed by atoms with E-state index in [9.17, 15) is 18.7 Å². The fraction of sp³-hybridized carbons (Fsp3) is 0.316. The molecule has 1 saturated carbocycles. The minimum Gasteiger partial charge on any atom is -0.481 e. The molecule has 3 aromatic heterocycles. The number of hydrogen-bond acceptors (Lipinski definition) is 6. The van der Waals surface area contributed by atoms with Crippen LogP contribution in [0, 0.1) is 29.4 Å². The van der Waals surface area contributed by atoms with Gasteiger partial charge in [0.05, 0.1) is 23.7 Å². The monoisotopic (exact) mass is 434 g/mol. The van der Waals surface area contributed by atoms with E-state index in [4.69, 9.17) is 0 Å². The van der Waals surface area contributed by atoms with E-state index < -0.39 is 29.6 Å². The zero-order valence-electron chi connectivity index (χ0n) is 15.4. The summed E-state index contributed by atoms with van der Waals surface area (Å²) in [6.45, 7) is 0. The quantitative estimate of drug-likeness (QED) is 0.540. The number of H-pyrrole nitrogens is 1. The molecule has 3 aromatic rings. The van der Waals surface area contributed by atoms with Crippen molar-refractivity contribution in [3.05, 3.63) is 42.2 Å². The number of halogens is 3. The van der Waals surface area contributed by atoms with Gasteiger partial charge in [-0.15, -0.1) is 12.4 Å². The standard InChI is InChI=1S/C19H16F2N6O2.ClH/c20-10-5-11-15(26-27-16(11)22-6-10)18-23-7-12(21)17(25-18)24-14-9-3-1-8(2-4-9)13(14)19(28)29;/h1,3,5-9,13-14H,2,4H2,(H,28,29)(H,22,26,27)(H,23,24,25);1H/t8?,9?,13-,14-;/m0./s1. The Hall–Kier alpha value is -3.14. The van der Waals surface area contributed by atoms with Crippen LogP contribution in [0.5, 0.6) is 0 Å². The molecule has 156 valence electrons. The smallest absolute Gasteiger partial charge is 0.309 e. The van der Waals surface area contributed by atoms with Gasteiger partial charge in [-0.1, -0.05) is 12.2 Å². The number of aromatic amines is 1. The lowest BCUT2D eigenvalue weighted by Crippen LogP contribution is -2.49. The molecule has 2 bridgehead atoms. The molecule has 3 aliphatic carbocycles. The van der Waals surface area contributed by atoms with Crippen LogP contribution in [0.25, 0.3) is 22.6 Å². The maximum Gasteiger partial charge on any atom is 0.309 e. The number of anilines is 1. The van der Waals surface area contributed by atoms with Crippen molar-refractivity contribution < 1.29 is 18.7 Å². The molecule has 30 heavy (non-hydrogen) atoms. The summed E-state index contributed by atoms with van der Waals surface area (Å²) >= 11 is 0. The van der Waals surface area contributed by atoms with Crippen LogP contribution in [0.15, 0.2) is 30.6 Å². The highest BCUT2D eigenvalue weighted by Gasteiger charge is 2.45. The van der Waals surface area contributed by atoms with Crippen molar-refractivity contribution in [2.45, 2.75) is 18.9 Å². The summed E-state index contributed by atoms with van der Waals surface area (Å²) in [5, 5.41) is 19.7. The zero-order chi connectivity index (χ0) is 20.1. The molecule has 11 heteroatoms. The third-order valence-corrected chi connectivity index (χ3v) is 5.68. The number of aromatic nitrogens is 5. The summed E-state index contributed by atoms with van der Waals surface area (Å²) in [6.07, 6.45) is 7.60. The van der Waals surface area contributed by atoms with E-state index in [1.165, 1.54) is 6.07 Å². The Labute approximate surface area is 175 Å². The van der Waals surface area contributed by atoms with Gasteiger partial charge in [0.25, 0.3) is 0 Å². The van der Waals surface area contributed by atoms with Crippen LogP contribution in [-0.2, 0) is 4.79 Å². The van der Waals surface area contributed by atoms with Crippen molar-refractivity contribution in [1.82, 2.24) is 25.1 Å². The van der Waals surface area contributed by atoms with E-state index in [2.05, 4.69) is 30.5 Å². The predicted octanol–water partition coefficient (Wildman–Crippen LogP) is 3.19. The van der Waals surface area contributed by atoms with Gasteiger partial charge in [-0.05, 0) is 30.7 Å². The molecule has 0 spiro atoms. The summed E-state index contributed by atoms with van der Waals surface area (Å²) in [6, 6.07) is 0.762. The number of carbonyl (C=O) groups is 1. The van der Waals surface area contributed by atoms with E-state index in [0.717, 1.165) is 25.2 Å². The van der Waals surface area contributed by atoms with Gasteiger partial charge in [0.1, 0.15) is 11.5 Å². The number of carboxylic acids is 1. The molecule has 8 nitrogen and oxygen atoms in total. The van der Waals surface area contributed by atoms with Crippen LogP contribution < -0.4 is 5.32 Å². The Bertz CT molecular complexity index is 1150. The molecule has 1 fully saturated rings. The molecule has 3 heterocycles. The van der Waals surface area contributed by atoms with Crippen molar-refractivity contribution in [2.75, 3.05) is 5.32 Å². The van der Waals surface area contributed by atoms with Gasteiger partial charge in [0, 0.05) is 6.04 Å². The van der Waals surface area contributed by atoms with E-state index in [1.54, 1.807) is 0 Å². The van der Waals surface area contributed by atoms with Crippen molar-refractivity contribution in [3.8, 4) is 11.5 Å². The van der Waals surface area contributed by atoms with Crippen LogP contribution in [-0.4, -0.2) is 42.3 Å². The van der Waals surface area contributed by atoms with Gasteiger partial charge >= 0.3 is 5.97 Å². The van der Waals surface area contributed by atoms with Crippen LogP contribution in [0.2, 0.25) is 0 Å². The Morgan fingerprint density at radius 2 is 1.93 bits per heavy atom. The number of nitrogens with one attached hydrogen (secondary N) is 2. The predicted molar refractivity (Wildman–Crippen MR) is 106 cm³/mol. The molecule has 0 amide bonds. The summed E-state index contributed by atoms with van der Waals surface area (Å²) in [7, 11) is 0. The van der Waals surface area contributed by atoms with Gasteiger partial charge in [0.2, 0.25) is 0 Å². The van der Waals surface area contributed by atoms with Gasteiger partial charge in [0.15, 0.2) is 23.1 Å². The van der Waals surface area contributed by atoms with Crippen molar-refractivity contribution in [2.24, 2.45) is 17.8 Å². The number of aliphatic carboxylic acids is 1. The molecule has 0 radical (unpaired) electrons. The molecule has 0 aliphatic heterocycles. The lowest BCUT2D eigenvalue weighted by molar-refractivity contribution is -0.145. The zero-order valence-corrected chi connectivity index (χ0v) is 16.2. The summed E-state index contributed by atoms with van der Waals surface area (Å²) < 4.78 is 28.1. The van der Waals surface area contributed by atoms with Crippen LogP contribution in [0.1, 0.15) is 12.8 Å². The topological polar surface area (TPSA) is 117 Å². The highest BCUT2D eigenvalue weighted by Crippen LogP contribution is 2.42. The first kappa shape index (κ1) is 20.1.